The molecule has 1 aromatic carbocycles. The van der Waals surface area contributed by atoms with Crippen molar-refractivity contribution < 1.29 is 9.90 Å². The lowest BCUT2D eigenvalue weighted by Crippen LogP contribution is -2.38. The number of rotatable bonds is 5. The third-order valence-electron chi connectivity index (χ3n) is 3.48. The number of aliphatic hydroxyl groups excluding tert-OH is 1. The number of carbonyl (C=O) groups excluding carboxylic acids is 1. The average molecular weight is 268 g/mol. The first-order valence-corrected chi connectivity index (χ1v) is 6.70. The van der Waals surface area contributed by atoms with E-state index in [1.807, 2.05) is 31.2 Å². The molecule has 0 aliphatic heterocycles. The number of benzene rings is 1. The Bertz CT molecular complexity index is 414. The summed E-state index contributed by atoms with van der Waals surface area (Å²) in [4.78, 5) is 11.9. The fraction of sp³-hybridized carbons (Fsp3) is 0.500. The lowest BCUT2D eigenvalue weighted by molar-refractivity contribution is -0.123. The van der Waals surface area contributed by atoms with Gasteiger partial charge in [-0.3, -0.25) is 4.79 Å². The number of nitrogens with one attached hydrogen (secondary N) is 1. The number of carbonyl (C=O) groups is 1. The summed E-state index contributed by atoms with van der Waals surface area (Å²) in [7, 11) is 0. The van der Waals surface area contributed by atoms with Gasteiger partial charge < -0.3 is 10.4 Å². The summed E-state index contributed by atoms with van der Waals surface area (Å²) in [6.45, 7) is 1.95. The number of hydrogen-bond donors (Lipinski definition) is 2. The molecule has 0 spiro atoms. The van der Waals surface area contributed by atoms with Gasteiger partial charge in [0.05, 0.1) is 12.6 Å². The Morgan fingerprint density at radius 3 is 2.72 bits per heavy atom. The molecule has 0 bridgehead atoms. The van der Waals surface area contributed by atoms with E-state index in [2.05, 4.69) is 5.32 Å². The molecule has 2 N–H and O–H groups in total. The maximum absolute atomic E-state index is 11.9. The molecular formula is C14H18ClNO2. The second-order valence-corrected chi connectivity index (χ2v) is 5.23. The van der Waals surface area contributed by atoms with Gasteiger partial charge in [0.15, 0.2) is 0 Å². The van der Waals surface area contributed by atoms with Crippen LogP contribution in [0.4, 0.5) is 0 Å². The van der Waals surface area contributed by atoms with Crippen LogP contribution in [0.25, 0.3) is 0 Å². The minimum atomic E-state index is -0.121. The van der Waals surface area contributed by atoms with Crippen LogP contribution in [0, 0.1) is 5.92 Å². The quantitative estimate of drug-likeness (QED) is 0.860. The van der Waals surface area contributed by atoms with Gasteiger partial charge in [0, 0.05) is 10.9 Å². The molecule has 3 unspecified atom stereocenters. The second-order valence-electron chi connectivity index (χ2n) is 4.80. The van der Waals surface area contributed by atoms with Crippen molar-refractivity contribution in [1.82, 2.24) is 5.32 Å². The van der Waals surface area contributed by atoms with Gasteiger partial charge in [0.1, 0.15) is 0 Å². The first-order valence-electron chi connectivity index (χ1n) is 6.32. The molecule has 18 heavy (non-hydrogen) atoms. The normalized spacial score (nSPS) is 23.5. The molecule has 3 nitrogen and oxygen atoms in total. The van der Waals surface area contributed by atoms with Crippen molar-refractivity contribution in [3.8, 4) is 0 Å². The first-order chi connectivity index (χ1) is 8.65. The monoisotopic (exact) mass is 267 g/mol. The van der Waals surface area contributed by atoms with E-state index < -0.39 is 0 Å². The van der Waals surface area contributed by atoms with Gasteiger partial charge in [-0.25, -0.2) is 0 Å². The lowest BCUT2D eigenvalue weighted by atomic mass is 10.1. The van der Waals surface area contributed by atoms with Crippen molar-refractivity contribution in [3.63, 3.8) is 0 Å². The van der Waals surface area contributed by atoms with Crippen molar-refractivity contribution in [3.05, 3.63) is 34.9 Å². The summed E-state index contributed by atoms with van der Waals surface area (Å²) in [5, 5.41) is 12.7. The van der Waals surface area contributed by atoms with E-state index in [4.69, 9.17) is 16.7 Å². The topological polar surface area (TPSA) is 49.3 Å². The molecule has 0 aromatic heterocycles. The molecule has 1 aliphatic carbocycles. The largest absolute Gasteiger partial charge is 0.394 e. The highest BCUT2D eigenvalue weighted by atomic mass is 35.5. The minimum absolute atomic E-state index is 0.000567. The Morgan fingerprint density at radius 1 is 1.50 bits per heavy atom. The molecule has 0 saturated heterocycles. The predicted molar refractivity (Wildman–Crippen MR) is 71.6 cm³/mol. The Labute approximate surface area is 112 Å². The Hall–Kier alpha value is -1.06. The highest BCUT2D eigenvalue weighted by Gasteiger charge is 2.44. The van der Waals surface area contributed by atoms with Crippen LogP contribution in [0.3, 0.4) is 0 Å². The number of amides is 1. The summed E-state index contributed by atoms with van der Waals surface area (Å²) >= 11 is 5.84. The van der Waals surface area contributed by atoms with Gasteiger partial charge in [-0.2, -0.15) is 0 Å². The van der Waals surface area contributed by atoms with Gasteiger partial charge in [-0.05, 0) is 36.5 Å². The lowest BCUT2D eigenvalue weighted by Gasteiger charge is -2.13. The van der Waals surface area contributed by atoms with Crippen molar-refractivity contribution >= 4 is 17.5 Å². The van der Waals surface area contributed by atoms with Crippen LogP contribution in [0.5, 0.6) is 0 Å². The van der Waals surface area contributed by atoms with E-state index >= 15 is 0 Å². The summed E-state index contributed by atoms with van der Waals surface area (Å²) in [5.41, 5.74) is 1.16. The molecule has 3 atom stereocenters. The maximum Gasteiger partial charge on any atom is 0.224 e. The highest BCUT2D eigenvalue weighted by molar-refractivity contribution is 6.30. The van der Waals surface area contributed by atoms with Gasteiger partial charge >= 0.3 is 0 Å². The molecule has 1 fully saturated rings. The van der Waals surface area contributed by atoms with Gasteiger partial charge in [0.25, 0.3) is 0 Å². The van der Waals surface area contributed by atoms with E-state index in [0.717, 1.165) is 18.4 Å². The summed E-state index contributed by atoms with van der Waals surface area (Å²) in [6.07, 6.45) is 1.63. The molecule has 1 amide bonds. The zero-order valence-corrected chi connectivity index (χ0v) is 11.2. The molecule has 1 saturated carbocycles. The SMILES string of the molecule is CCC(CO)NC(=O)C1CC1c1ccc(Cl)cc1. The Balaban J connectivity index is 1.90. The van der Waals surface area contributed by atoms with Gasteiger partial charge in [-0.15, -0.1) is 0 Å². The highest BCUT2D eigenvalue weighted by Crippen LogP contribution is 2.47. The van der Waals surface area contributed by atoms with Crippen LogP contribution >= 0.6 is 11.6 Å². The third kappa shape index (κ3) is 3.03. The average Bonchev–Trinajstić information content (AvgIpc) is 3.17. The van der Waals surface area contributed by atoms with Crippen LogP contribution < -0.4 is 5.32 Å². The van der Waals surface area contributed by atoms with Crippen molar-refractivity contribution in [2.75, 3.05) is 6.61 Å². The summed E-state index contributed by atoms with van der Waals surface area (Å²) in [5.74, 6) is 0.404. The number of aliphatic hydroxyl groups is 1. The molecule has 1 aliphatic rings. The van der Waals surface area contributed by atoms with Gasteiger partial charge in [0.2, 0.25) is 5.91 Å². The molecular weight excluding hydrogens is 250 g/mol. The van der Waals surface area contributed by atoms with Crippen molar-refractivity contribution in [2.45, 2.75) is 31.7 Å². The van der Waals surface area contributed by atoms with Crippen LogP contribution in [0.1, 0.15) is 31.2 Å². The number of halogens is 1. The molecule has 0 radical (unpaired) electrons. The second kappa shape index (κ2) is 5.72. The summed E-state index contributed by atoms with van der Waals surface area (Å²) in [6, 6.07) is 7.54. The Kier molecular flexibility index (Phi) is 4.25. The molecule has 98 valence electrons. The standard InChI is InChI=1S/C14H18ClNO2/c1-2-11(8-17)16-14(18)13-7-12(13)9-3-5-10(15)6-4-9/h3-6,11-13,17H,2,7-8H2,1H3,(H,16,18). The van der Waals surface area contributed by atoms with E-state index in [1.165, 1.54) is 0 Å². The van der Waals surface area contributed by atoms with Crippen molar-refractivity contribution in [1.29, 1.82) is 0 Å². The molecule has 4 heteroatoms. The van der Waals surface area contributed by atoms with E-state index in [9.17, 15) is 4.79 Å². The zero-order valence-electron chi connectivity index (χ0n) is 10.4. The van der Waals surface area contributed by atoms with Gasteiger partial charge in [-0.1, -0.05) is 30.7 Å². The van der Waals surface area contributed by atoms with Crippen LogP contribution in [0.2, 0.25) is 5.02 Å². The Morgan fingerprint density at radius 2 is 2.17 bits per heavy atom. The maximum atomic E-state index is 11.9. The smallest absolute Gasteiger partial charge is 0.224 e. The first kappa shape index (κ1) is 13.4. The fourth-order valence-corrected chi connectivity index (χ4v) is 2.27. The zero-order chi connectivity index (χ0) is 13.1. The van der Waals surface area contributed by atoms with Crippen LogP contribution in [-0.4, -0.2) is 23.7 Å². The minimum Gasteiger partial charge on any atom is -0.394 e. The predicted octanol–water partition coefficient (Wildman–Crippen LogP) is 2.33. The van der Waals surface area contributed by atoms with Crippen LogP contribution in [-0.2, 0) is 4.79 Å². The summed E-state index contributed by atoms with van der Waals surface area (Å²) < 4.78 is 0. The van der Waals surface area contributed by atoms with Crippen LogP contribution in [0.15, 0.2) is 24.3 Å². The molecule has 2 rings (SSSR count). The van der Waals surface area contributed by atoms with E-state index in [-0.39, 0.29) is 24.5 Å². The molecule has 1 aromatic rings. The van der Waals surface area contributed by atoms with E-state index in [0.29, 0.717) is 10.9 Å². The van der Waals surface area contributed by atoms with Crippen molar-refractivity contribution in [2.24, 2.45) is 5.92 Å². The third-order valence-corrected chi connectivity index (χ3v) is 3.74. The fourth-order valence-electron chi connectivity index (χ4n) is 2.15. The number of hydrogen-bond acceptors (Lipinski definition) is 2. The molecule has 0 heterocycles. The van der Waals surface area contributed by atoms with E-state index in [1.54, 1.807) is 0 Å².